The van der Waals surface area contributed by atoms with Gasteiger partial charge in [0.05, 0.1) is 11.9 Å². The number of aliphatic imine (C=N–C) groups is 1. The standard InChI is InChI=1S/C25H28N6O/c1-17-19(7-5-11-27-17)15-22(29-16-26)30-24(25(2,3)4)31-23(32)14-18-9-10-21-20(13-18)8-6-12-28-21/h5-13,24H,14-15H2,1-4H3,(H,29,30)(H,31,32). The number of amidine groups is 1. The lowest BCUT2D eigenvalue weighted by atomic mass is 9.91. The number of aryl methyl sites for hydroxylation is 1. The Bertz CT molecular complexity index is 1170. The van der Waals surface area contributed by atoms with Gasteiger partial charge in [-0.1, -0.05) is 39.0 Å². The van der Waals surface area contributed by atoms with E-state index in [0.29, 0.717) is 12.3 Å². The van der Waals surface area contributed by atoms with Crippen LogP contribution in [0.5, 0.6) is 0 Å². The first kappa shape index (κ1) is 22.9. The predicted octanol–water partition coefficient (Wildman–Crippen LogP) is 3.68. The van der Waals surface area contributed by atoms with Crippen LogP contribution in [0, 0.1) is 23.8 Å². The van der Waals surface area contributed by atoms with Crippen molar-refractivity contribution in [3.8, 4) is 6.19 Å². The molecule has 1 unspecified atom stereocenters. The van der Waals surface area contributed by atoms with Crippen molar-refractivity contribution >= 4 is 22.6 Å². The molecular formula is C25H28N6O. The fourth-order valence-corrected chi connectivity index (χ4v) is 3.34. The summed E-state index contributed by atoms with van der Waals surface area (Å²) in [7, 11) is 0. The summed E-state index contributed by atoms with van der Waals surface area (Å²) in [5.41, 5.74) is 3.34. The van der Waals surface area contributed by atoms with E-state index in [2.05, 4.69) is 25.6 Å². The van der Waals surface area contributed by atoms with E-state index < -0.39 is 6.17 Å². The monoisotopic (exact) mass is 428 g/mol. The van der Waals surface area contributed by atoms with Crippen LogP contribution < -0.4 is 10.6 Å². The number of benzene rings is 1. The van der Waals surface area contributed by atoms with Crippen molar-refractivity contribution < 1.29 is 4.79 Å². The molecule has 3 rings (SSSR count). The van der Waals surface area contributed by atoms with Gasteiger partial charge in [-0.15, -0.1) is 0 Å². The lowest BCUT2D eigenvalue weighted by Gasteiger charge is -2.33. The highest BCUT2D eigenvalue weighted by Gasteiger charge is 2.27. The van der Waals surface area contributed by atoms with E-state index in [1.54, 1.807) is 12.4 Å². The number of fused-ring (bicyclic) bond motifs is 1. The van der Waals surface area contributed by atoms with Crippen LogP contribution in [0.25, 0.3) is 10.9 Å². The molecule has 0 saturated carbocycles. The smallest absolute Gasteiger partial charge is 0.226 e. The van der Waals surface area contributed by atoms with Gasteiger partial charge in [-0.2, -0.15) is 10.3 Å². The molecule has 32 heavy (non-hydrogen) atoms. The quantitative estimate of drug-likeness (QED) is 0.270. The molecule has 1 aromatic carbocycles. The number of rotatable bonds is 6. The van der Waals surface area contributed by atoms with Gasteiger partial charge in [0.15, 0.2) is 0 Å². The SMILES string of the molecule is Cc1ncccc1C/C(=N\C#N)NC(NC(=O)Cc1ccc2ncccc2c1)C(C)(C)C. The van der Waals surface area contributed by atoms with Crippen molar-refractivity contribution in [3.05, 3.63) is 71.7 Å². The second kappa shape index (κ2) is 10.0. The summed E-state index contributed by atoms with van der Waals surface area (Å²) in [5.74, 6) is 0.370. The minimum atomic E-state index is -0.416. The number of nitrogens with one attached hydrogen (secondary N) is 2. The largest absolute Gasteiger partial charge is 0.352 e. The first-order chi connectivity index (χ1) is 15.3. The molecule has 1 amide bonds. The molecule has 3 aromatic rings. The molecule has 0 aliphatic rings. The van der Waals surface area contributed by atoms with Crippen LogP contribution in [-0.2, 0) is 17.6 Å². The van der Waals surface area contributed by atoms with Crippen molar-refractivity contribution in [2.24, 2.45) is 10.4 Å². The zero-order chi connectivity index (χ0) is 23.1. The van der Waals surface area contributed by atoms with E-state index in [9.17, 15) is 10.1 Å². The van der Waals surface area contributed by atoms with Gasteiger partial charge in [0.1, 0.15) is 12.0 Å². The van der Waals surface area contributed by atoms with Crippen molar-refractivity contribution in [1.29, 1.82) is 5.26 Å². The zero-order valence-electron chi connectivity index (χ0n) is 18.9. The molecule has 164 valence electrons. The first-order valence-corrected chi connectivity index (χ1v) is 10.5. The van der Waals surface area contributed by atoms with Crippen molar-refractivity contribution in [2.45, 2.75) is 46.7 Å². The number of hydrogen-bond acceptors (Lipinski definition) is 5. The second-order valence-corrected chi connectivity index (χ2v) is 8.80. The third-order valence-corrected chi connectivity index (χ3v) is 5.17. The molecule has 0 aliphatic carbocycles. The normalized spacial score (nSPS) is 12.8. The van der Waals surface area contributed by atoms with Gasteiger partial charge < -0.3 is 10.6 Å². The van der Waals surface area contributed by atoms with Gasteiger partial charge in [-0.3, -0.25) is 14.8 Å². The van der Waals surface area contributed by atoms with Crippen LogP contribution in [0.2, 0.25) is 0 Å². The molecular weight excluding hydrogens is 400 g/mol. The Morgan fingerprint density at radius 3 is 2.56 bits per heavy atom. The molecule has 0 radical (unpaired) electrons. The molecule has 2 heterocycles. The fourth-order valence-electron chi connectivity index (χ4n) is 3.34. The molecule has 0 aliphatic heterocycles. The van der Waals surface area contributed by atoms with Crippen molar-refractivity contribution in [3.63, 3.8) is 0 Å². The van der Waals surface area contributed by atoms with Gasteiger partial charge in [0.25, 0.3) is 0 Å². The average molecular weight is 429 g/mol. The highest BCUT2D eigenvalue weighted by atomic mass is 16.1. The Morgan fingerprint density at radius 1 is 1.09 bits per heavy atom. The minimum absolute atomic E-state index is 0.116. The van der Waals surface area contributed by atoms with Crippen LogP contribution in [0.1, 0.15) is 37.6 Å². The molecule has 7 heteroatoms. The summed E-state index contributed by atoms with van der Waals surface area (Å²) in [4.78, 5) is 25.5. The molecule has 0 bridgehead atoms. The van der Waals surface area contributed by atoms with Gasteiger partial charge >= 0.3 is 0 Å². The van der Waals surface area contributed by atoms with Crippen LogP contribution in [0.3, 0.4) is 0 Å². The number of nitrogens with zero attached hydrogens (tertiary/aromatic N) is 4. The average Bonchev–Trinajstić information content (AvgIpc) is 2.74. The number of aromatic nitrogens is 2. The molecule has 2 N–H and O–H groups in total. The van der Waals surface area contributed by atoms with Crippen LogP contribution >= 0.6 is 0 Å². The molecule has 2 aromatic heterocycles. The highest BCUT2D eigenvalue weighted by molar-refractivity contribution is 5.87. The van der Waals surface area contributed by atoms with Crippen molar-refractivity contribution in [2.75, 3.05) is 0 Å². The zero-order valence-corrected chi connectivity index (χ0v) is 18.9. The molecule has 0 saturated heterocycles. The minimum Gasteiger partial charge on any atom is -0.352 e. The highest BCUT2D eigenvalue weighted by Crippen LogP contribution is 2.19. The second-order valence-electron chi connectivity index (χ2n) is 8.80. The third-order valence-electron chi connectivity index (χ3n) is 5.17. The van der Waals surface area contributed by atoms with Gasteiger partial charge in [0.2, 0.25) is 12.1 Å². The maximum absolute atomic E-state index is 12.9. The lowest BCUT2D eigenvalue weighted by molar-refractivity contribution is -0.122. The van der Waals surface area contributed by atoms with E-state index in [4.69, 9.17) is 0 Å². The summed E-state index contributed by atoms with van der Waals surface area (Å²) in [5, 5.41) is 16.5. The van der Waals surface area contributed by atoms with E-state index >= 15 is 0 Å². The Labute approximate surface area is 188 Å². The van der Waals surface area contributed by atoms with Crippen LogP contribution in [0.15, 0.2) is 59.9 Å². The molecule has 0 spiro atoms. The van der Waals surface area contributed by atoms with E-state index in [1.165, 1.54) is 0 Å². The van der Waals surface area contributed by atoms with E-state index in [1.807, 2.05) is 76.4 Å². The van der Waals surface area contributed by atoms with Gasteiger partial charge in [-0.05, 0) is 42.3 Å². The van der Waals surface area contributed by atoms with Crippen LogP contribution in [-0.4, -0.2) is 27.9 Å². The Kier molecular flexibility index (Phi) is 7.16. The Balaban J connectivity index is 1.73. The summed E-state index contributed by atoms with van der Waals surface area (Å²) < 4.78 is 0. The first-order valence-electron chi connectivity index (χ1n) is 10.5. The van der Waals surface area contributed by atoms with Gasteiger partial charge in [0, 0.05) is 35.3 Å². The van der Waals surface area contributed by atoms with E-state index in [0.717, 1.165) is 27.7 Å². The topological polar surface area (TPSA) is 103 Å². The van der Waals surface area contributed by atoms with Crippen LogP contribution in [0.4, 0.5) is 0 Å². The number of amides is 1. The number of carbonyl (C=O) groups is 1. The number of carbonyl (C=O) groups excluding carboxylic acids is 1. The molecule has 7 nitrogen and oxygen atoms in total. The summed E-state index contributed by atoms with van der Waals surface area (Å²) in [6.45, 7) is 7.98. The summed E-state index contributed by atoms with van der Waals surface area (Å²) in [6.07, 6.45) is 5.59. The molecule has 1 atom stereocenters. The Hall–Kier alpha value is -3.79. The number of nitriles is 1. The van der Waals surface area contributed by atoms with Crippen molar-refractivity contribution in [1.82, 2.24) is 20.6 Å². The fraction of sp³-hybridized carbons (Fsp3) is 0.320. The maximum atomic E-state index is 12.9. The maximum Gasteiger partial charge on any atom is 0.226 e. The van der Waals surface area contributed by atoms with Gasteiger partial charge in [-0.25, -0.2) is 0 Å². The number of pyridine rings is 2. The lowest BCUT2D eigenvalue weighted by Crippen LogP contribution is -2.55. The summed E-state index contributed by atoms with van der Waals surface area (Å²) >= 11 is 0. The predicted molar refractivity (Wildman–Crippen MR) is 126 cm³/mol. The number of hydrogen-bond donors (Lipinski definition) is 2. The summed E-state index contributed by atoms with van der Waals surface area (Å²) in [6, 6.07) is 13.5. The van der Waals surface area contributed by atoms with E-state index in [-0.39, 0.29) is 17.7 Å². The molecule has 0 fully saturated rings. The third kappa shape index (κ3) is 6.11. The Morgan fingerprint density at radius 2 is 1.84 bits per heavy atom.